The highest BCUT2D eigenvalue weighted by atomic mass is 16.2. The number of carbonyl (C=O) groups is 1. The van der Waals surface area contributed by atoms with Crippen molar-refractivity contribution in [3.8, 4) is 0 Å². The van der Waals surface area contributed by atoms with E-state index in [0.717, 1.165) is 24.1 Å². The van der Waals surface area contributed by atoms with Crippen LogP contribution in [0.2, 0.25) is 0 Å². The van der Waals surface area contributed by atoms with E-state index in [2.05, 4.69) is 24.5 Å². The van der Waals surface area contributed by atoms with Crippen molar-refractivity contribution in [2.75, 3.05) is 5.32 Å². The van der Waals surface area contributed by atoms with Gasteiger partial charge in [0.05, 0.1) is 0 Å². The van der Waals surface area contributed by atoms with E-state index < -0.39 is 0 Å². The summed E-state index contributed by atoms with van der Waals surface area (Å²) in [6, 6.07) is 7.44. The molecular weight excluding hydrogens is 238 g/mol. The molecule has 4 heteroatoms. The van der Waals surface area contributed by atoms with Gasteiger partial charge in [0.25, 0.3) is 0 Å². The monoisotopic (exact) mass is 263 g/mol. The van der Waals surface area contributed by atoms with Gasteiger partial charge in [-0.2, -0.15) is 0 Å². The van der Waals surface area contributed by atoms with Crippen LogP contribution in [-0.4, -0.2) is 11.6 Å². The molecule has 1 atom stereocenters. The number of benzene rings is 1. The zero-order chi connectivity index (χ0) is 14.5. The topological polar surface area (TPSA) is 67.2 Å². The van der Waals surface area contributed by atoms with Crippen LogP contribution < -0.4 is 16.4 Å². The third-order valence-corrected chi connectivity index (χ3v) is 3.67. The van der Waals surface area contributed by atoms with Crippen molar-refractivity contribution < 1.29 is 4.79 Å². The number of urea groups is 1. The van der Waals surface area contributed by atoms with E-state index >= 15 is 0 Å². The summed E-state index contributed by atoms with van der Waals surface area (Å²) in [5.41, 5.74) is 7.46. The molecule has 0 aliphatic rings. The summed E-state index contributed by atoms with van der Waals surface area (Å²) in [5.74, 6) is 0. The van der Waals surface area contributed by atoms with E-state index in [1.807, 2.05) is 38.1 Å². The maximum absolute atomic E-state index is 11.9. The lowest BCUT2D eigenvalue weighted by atomic mass is 9.96. The van der Waals surface area contributed by atoms with Crippen LogP contribution in [0, 0.1) is 0 Å². The zero-order valence-corrected chi connectivity index (χ0v) is 12.3. The van der Waals surface area contributed by atoms with E-state index in [1.54, 1.807) is 0 Å². The summed E-state index contributed by atoms with van der Waals surface area (Å²) in [6.07, 6.45) is 1.81. The van der Waals surface area contributed by atoms with Gasteiger partial charge in [0.2, 0.25) is 0 Å². The van der Waals surface area contributed by atoms with Crippen LogP contribution in [0.4, 0.5) is 10.5 Å². The van der Waals surface area contributed by atoms with Crippen molar-refractivity contribution in [2.24, 2.45) is 5.73 Å². The second kappa shape index (κ2) is 6.57. The fraction of sp³-hybridized carbons (Fsp3) is 0.533. The smallest absolute Gasteiger partial charge is 0.319 e. The lowest BCUT2D eigenvalue weighted by molar-refractivity contribution is 0.236. The number of anilines is 1. The highest BCUT2D eigenvalue weighted by molar-refractivity contribution is 5.89. The first kappa shape index (κ1) is 15.5. The molecule has 1 aromatic rings. The van der Waals surface area contributed by atoms with Gasteiger partial charge in [0, 0.05) is 17.3 Å². The van der Waals surface area contributed by atoms with Gasteiger partial charge >= 0.3 is 6.03 Å². The van der Waals surface area contributed by atoms with Gasteiger partial charge in [-0.15, -0.1) is 0 Å². The van der Waals surface area contributed by atoms with Crippen LogP contribution >= 0.6 is 0 Å². The van der Waals surface area contributed by atoms with Gasteiger partial charge in [-0.1, -0.05) is 26.0 Å². The minimum atomic E-state index is -0.167. The number of amides is 2. The van der Waals surface area contributed by atoms with E-state index in [4.69, 9.17) is 5.73 Å². The average Bonchev–Trinajstić information content (AvgIpc) is 2.39. The Bertz CT molecular complexity index is 408. The van der Waals surface area contributed by atoms with E-state index in [1.165, 1.54) is 0 Å². The van der Waals surface area contributed by atoms with Crippen LogP contribution in [0.3, 0.4) is 0 Å². The van der Waals surface area contributed by atoms with E-state index in [-0.39, 0.29) is 17.6 Å². The molecule has 0 radical (unpaired) electrons. The second-order valence-electron chi connectivity index (χ2n) is 5.26. The number of rotatable bonds is 5. The summed E-state index contributed by atoms with van der Waals surface area (Å²) in [5, 5.41) is 5.85. The third kappa shape index (κ3) is 4.56. The van der Waals surface area contributed by atoms with Crippen LogP contribution in [-0.2, 0) is 0 Å². The number of hydrogen-bond acceptors (Lipinski definition) is 2. The lowest BCUT2D eigenvalue weighted by Crippen LogP contribution is -2.46. The van der Waals surface area contributed by atoms with E-state index in [9.17, 15) is 4.79 Å². The second-order valence-corrected chi connectivity index (χ2v) is 5.26. The Morgan fingerprint density at radius 2 is 1.79 bits per heavy atom. The normalized spacial score (nSPS) is 12.9. The first-order valence-corrected chi connectivity index (χ1v) is 6.85. The van der Waals surface area contributed by atoms with Gasteiger partial charge in [-0.05, 0) is 44.4 Å². The summed E-state index contributed by atoms with van der Waals surface area (Å²) >= 11 is 0. The lowest BCUT2D eigenvalue weighted by Gasteiger charge is -2.28. The molecule has 106 valence electrons. The molecule has 19 heavy (non-hydrogen) atoms. The van der Waals surface area contributed by atoms with Gasteiger partial charge in [-0.25, -0.2) is 4.79 Å². The Morgan fingerprint density at radius 1 is 1.26 bits per heavy atom. The fourth-order valence-electron chi connectivity index (χ4n) is 1.73. The predicted octanol–water partition coefficient (Wildman–Crippen LogP) is 3.41. The Labute approximate surface area is 115 Å². The van der Waals surface area contributed by atoms with Crippen molar-refractivity contribution in [2.45, 2.75) is 52.1 Å². The van der Waals surface area contributed by atoms with Crippen molar-refractivity contribution in [1.82, 2.24) is 5.32 Å². The summed E-state index contributed by atoms with van der Waals surface area (Å²) in [4.78, 5) is 11.9. The highest BCUT2D eigenvalue weighted by Gasteiger charge is 2.21. The van der Waals surface area contributed by atoms with Crippen LogP contribution in [0.1, 0.15) is 52.1 Å². The molecule has 4 nitrogen and oxygen atoms in total. The molecule has 1 rings (SSSR count). The molecule has 0 aliphatic carbocycles. The molecule has 2 amide bonds. The summed E-state index contributed by atoms with van der Waals surface area (Å²) in [7, 11) is 0. The largest absolute Gasteiger partial charge is 0.333 e. The first-order chi connectivity index (χ1) is 8.90. The molecule has 0 saturated heterocycles. The molecule has 4 N–H and O–H groups in total. The van der Waals surface area contributed by atoms with Crippen LogP contribution in [0.25, 0.3) is 0 Å². The Kier molecular flexibility index (Phi) is 5.36. The van der Waals surface area contributed by atoms with Crippen LogP contribution in [0.15, 0.2) is 24.3 Å². The predicted molar refractivity (Wildman–Crippen MR) is 80.2 cm³/mol. The molecule has 0 aliphatic heterocycles. The van der Waals surface area contributed by atoms with Gasteiger partial charge in [0.1, 0.15) is 0 Å². The van der Waals surface area contributed by atoms with E-state index in [0.29, 0.717) is 0 Å². The Hall–Kier alpha value is -1.55. The summed E-state index contributed by atoms with van der Waals surface area (Å²) < 4.78 is 0. The van der Waals surface area contributed by atoms with Crippen LogP contribution in [0.5, 0.6) is 0 Å². The van der Waals surface area contributed by atoms with Crippen molar-refractivity contribution in [3.63, 3.8) is 0 Å². The van der Waals surface area contributed by atoms with Crippen molar-refractivity contribution >= 4 is 11.7 Å². The SMILES string of the molecule is CCC(C)(CC)NC(=O)Nc1ccc(C(C)N)cc1. The van der Waals surface area contributed by atoms with Gasteiger partial charge in [0.15, 0.2) is 0 Å². The van der Waals surface area contributed by atoms with Gasteiger partial charge in [-0.3, -0.25) is 0 Å². The minimum absolute atomic E-state index is 0.00588. The first-order valence-electron chi connectivity index (χ1n) is 6.85. The molecule has 0 fully saturated rings. The maximum atomic E-state index is 11.9. The summed E-state index contributed by atoms with van der Waals surface area (Å²) in [6.45, 7) is 8.12. The molecule has 0 spiro atoms. The quantitative estimate of drug-likeness (QED) is 0.762. The number of nitrogens with one attached hydrogen (secondary N) is 2. The molecule has 0 heterocycles. The maximum Gasteiger partial charge on any atom is 0.319 e. The molecule has 0 bridgehead atoms. The molecule has 0 saturated carbocycles. The molecule has 1 aromatic carbocycles. The third-order valence-electron chi connectivity index (χ3n) is 3.67. The molecule has 1 unspecified atom stereocenters. The number of hydrogen-bond donors (Lipinski definition) is 3. The minimum Gasteiger partial charge on any atom is -0.333 e. The van der Waals surface area contributed by atoms with Crippen molar-refractivity contribution in [3.05, 3.63) is 29.8 Å². The highest BCUT2D eigenvalue weighted by Crippen LogP contribution is 2.16. The van der Waals surface area contributed by atoms with Gasteiger partial charge < -0.3 is 16.4 Å². The zero-order valence-electron chi connectivity index (χ0n) is 12.3. The van der Waals surface area contributed by atoms with Crippen molar-refractivity contribution in [1.29, 1.82) is 0 Å². The molecule has 0 aromatic heterocycles. The fourth-order valence-corrected chi connectivity index (χ4v) is 1.73. The average molecular weight is 263 g/mol. The Morgan fingerprint density at radius 3 is 2.21 bits per heavy atom. The molecular formula is C15H25N3O. The number of carbonyl (C=O) groups excluding carboxylic acids is 1. The standard InChI is InChI=1S/C15H25N3O/c1-5-15(4,6-2)18-14(19)17-13-9-7-12(8-10-13)11(3)16/h7-11H,5-6,16H2,1-4H3,(H2,17,18,19). The Balaban J connectivity index is 2.62. The number of nitrogens with two attached hydrogens (primary N) is 1.